The Morgan fingerprint density at radius 1 is 1.22 bits per heavy atom. The second kappa shape index (κ2) is 8.37. The molecule has 0 saturated carbocycles. The van der Waals surface area contributed by atoms with Crippen LogP contribution in [-0.4, -0.2) is 46.6 Å². The van der Waals surface area contributed by atoms with Crippen LogP contribution >= 0.6 is 23.4 Å². The van der Waals surface area contributed by atoms with Gasteiger partial charge in [-0.3, -0.25) is 0 Å². The Kier molecular flexibility index (Phi) is 7.12. The summed E-state index contributed by atoms with van der Waals surface area (Å²) in [6, 6.07) is 0. The molecule has 0 amide bonds. The Morgan fingerprint density at radius 3 is 2.56 bits per heavy atom. The van der Waals surface area contributed by atoms with Gasteiger partial charge >= 0.3 is 0 Å². The van der Waals surface area contributed by atoms with Gasteiger partial charge in [0.15, 0.2) is 0 Å². The zero-order chi connectivity index (χ0) is 13.4. The molecule has 0 unspecified atom stereocenters. The maximum Gasteiger partial charge on any atom is 0.231 e. The van der Waals surface area contributed by atoms with Crippen molar-refractivity contribution in [1.82, 2.24) is 15.0 Å². The molecule has 1 heterocycles. The first kappa shape index (κ1) is 15.3. The minimum Gasteiger partial charge on any atom is -0.354 e. The zero-order valence-electron chi connectivity index (χ0n) is 11.1. The lowest BCUT2D eigenvalue weighted by molar-refractivity contribution is 0.810. The summed E-state index contributed by atoms with van der Waals surface area (Å²) < 4.78 is 0. The van der Waals surface area contributed by atoms with E-state index in [2.05, 4.69) is 40.4 Å². The lowest BCUT2D eigenvalue weighted by atomic mass is 10.5. The van der Waals surface area contributed by atoms with Crippen LogP contribution in [0.2, 0.25) is 5.28 Å². The van der Waals surface area contributed by atoms with Crippen molar-refractivity contribution in [2.45, 2.75) is 20.3 Å². The summed E-state index contributed by atoms with van der Waals surface area (Å²) in [4.78, 5) is 14.6. The molecule has 0 aliphatic carbocycles. The van der Waals surface area contributed by atoms with Gasteiger partial charge in [-0.2, -0.15) is 26.7 Å². The number of rotatable bonds is 8. The highest BCUT2D eigenvalue weighted by Gasteiger charge is 2.09. The molecular weight excluding hydrogens is 270 g/mol. The number of thioether (sulfide) groups is 1. The van der Waals surface area contributed by atoms with Gasteiger partial charge in [-0.15, -0.1) is 0 Å². The Morgan fingerprint density at radius 2 is 1.94 bits per heavy atom. The molecule has 1 aromatic heterocycles. The molecule has 0 aliphatic heterocycles. The smallest absolute Gasteiger partial charge is 0.231 e. The Bertz CT molecular complexity index is 359. The maximum absolute atomic E-state index is 5.92. The van der Waals surface area contributed by atoms with Crippen LogP contribution in [-0.2, 0) is 0 Å². The Hall–Kier alpha value is -0.750. The van der Waals surface area contributed by atoms with Crippen LogP contribution < -0.4 is 10.2 Å². The van der Waals surface area contributed by atoms with Gasteiger partial charge in [0.2, 0.25) is 17.2 Å². The van der Waals surface area contributed by atoms with Crippen molar-refractivity contribution in [2.75, 3.05) is 41.9 Å². The number of hydrogen-bond acceptors (Lipinski definition) is 6. The number of anilines is 2. The molecule has 0 bridgehead atoms. The molecule has 1 N–H and O–H groups in total. The molecule has 0 atom stereocenters. The Balaban J connectivity index is 2.68. The van der Waals surface area contributed by atoms with Crippen LogP contribution in [0.4, 0.5) is 11.9 Å². The summed E-state index contributed by atoms with van der Waals surface area (Å²) in [6.07, 6.45) is 3.17. The second-order valence-electron chi connectivity index (χ2n) is 3.67. The van der Waals surface area contributed by atoms with Crippen molar-refractivity contribution < 1.29 is 0 Å². The van der Waals surface area contributed by atoms with Crippen molar-refractivity contribution >= 4 is 35.3 Å². The fourth-order valence-corrected chi connectivity index (χ4v) is 2.07. The van der Waals surface area contributed by atoms with Crippen LogP contribution in [0.1, 0.15) is 20.3 Å². The van der Waals surface area contributed by atoms with E-state index in [0.29, 0.717) is 11.9 Å². The van der Waals surface area contributed by atoms with Crippen molar-refractivity contribution in [3.8, 4) is 0 Å². The van der Waals surface area contributed by atoms with Gasteiger partial charge in [0.05, 0.1) is 0 Å². The molecule has 7 heteroatoms. The summed E-state index contributed by atoms with van der Waals surface area (Å²) in [5.74, 6) is 2.31. The SMILES string of the molecule is CCN(CC)c1nc(Cl)nc(NCCCSC)n1. The number of halogens is 1. The van der Waals surface area contributed by atoms with Crippen LogP contribution in [0.3, 0.4) is 0 Å². The van der Waals surface area contributed by atoms with Gasteiger partial charge in [0.25, 0.3) is 0 Å². The monoisotopic (exact) mass is 289 g/mol. The fourth-order valence-electron chi connectivity index (χ4n) is 1.48. The highest BCUT2D eigenvalue weighted by molar-refractivity contribution is 7.98. The average molecular weight is 290 g/mol. The molecule has 1 rings (SSSR count). The summed E-state index contributed by atoms with van der Waals surface area (Å²) >= 11 is 7.74. The standard InChI is InChI=1S/C11H20ClN5S/c1-4-17(5-2)11-15-9(12)14-10(16-11)13-7-6-8-18-3/h4-8H2,1-3H3,(H,13,14,15,16). The lowest BCUT2D eigenvalue weighted by Crippen LogP contribution is -2.25. The average Bonchev–Trinajstić information content (AvgIpc) is 2.36. The topological polar surface area (TPSA) is 53.9 Å². The van der Waals surface area contributed by atoms with Gasteiger partial charge in [-0.25, -0.2) is 0 Å². The molecule has 0 aromatic carbocycles. The maximum atomic E-state index is 5.92. The molecule has 18 heavy (non-hydrogen) atoms. The second-order valence-corrected chi connectivity index (χ2v) is 5.00. The van der Waals surface area contributed by atoms with Crippen molar-refractivity contribution in [2.24, 2.45) is 0 Å². The van der Waals surface area contributed by atoms with E-state index in [-0.39, 0.29) is 5.28 Å². The normalized spacial score (nSPS) is 10.4. The van der Waals surface area contributed by atoms with Crippen molar-refractivity contribution in [3.63, 3.8) is 0 Å². The molecule has 0 fully saturated rings. The molecule has 102 valence electrons. The molecule has 0 saturated heterocycles. The first-order valence-electron chi connectivity index (χ1n) is 6.10. The molecule has 5 nitrogen and oxygen atoms in total. The zero-order valence-corrected chi connectivity index (χ0v) is 12.7. The van der Waals surface area contributed by atoms with Crippen molar-refractivity contribution in [3.05, 3.63) is 5.28 Å². The predicted molar refractivity (Wildman–Crippen MR) is 79.9 cm³/mol. The van der Waals surface area contributed by atoms with E-state index in [0.717, 1.165) is 31.8 Å². The van der Waals surface area contributed by atoms with E-state index < -0.39 is 0 Å². The Labute approximate surface area is 118 Å². The van der Waals surface area contributed by atoms with Crippen LogP contribution in [0, 0.1) is 0 Å². The third-order valence-corrected chi connectivity index (χ3v) is 3.32. The van der Waals surface area contributed by atoms with Crippen LogP contribution in [0.5, 0.6) is 0 Å². The third-order valence-electron chi connectivity index (χ3n) is 2.45. The third kappa shape index (κ3) is 4.86. The van der Waals surface area contributed by atoms with E-state index in [1.165, 1.54) is 0 Å². The summed E-state index contributed by atoms with van der Waals surface area (Å²) in [5, 5.41) is 3.41. The van der Waals surface area contributed by atoms with Crippen LogP contribution in [0.25, 0.3) is 0 Å². The number of aromatic nitrogens is 3. The lowest BCUT2D eigenvalue weighted by Gasteiger charge is -2.18. The number of nitrogens with zero attached hydrogens (tertiary/aromatic N) is 4. The van der Waals surface area contributed by atoms with Gasteiger partial charge in [-0.1, -0.05) is 0 Å². The summed E-state index contributed by atoms with van der Waals surface area (Å²) in [7, 11) is 0. The molecule has 0 spiro atoms. The highest BCUT2D eigenvalue weighted by Crippen LogP contribution is 2.13. The van der Waals surface area contributed by atoms with Gasteiger partial charge in [0.1, 0.15) is 0 Å². The molecule has 1 aromatic rings. The van der Waals surface area contributed by atoms with Crippen molar-refractivity contribution in [1.29, 1.82) is 0 Å². The van der Waals surface area contributed by atoms with Gasteiger partial charge in [0, 0.05) is 19.6 Å². The van der Waals surface area contributed by atoms with Gasteiger partial charge in [-0.05, 0) is 43.9 Å². The molecule has 0 aliphatic rings. The van der Waals surface area contributed by atoms with E-state index in [9.17, 15) is 0 Å². The number of nitrogens with one attached hydrogen (secondary N) is 1. The minimum absolute atomic E-state index is 0.235. The summed E-state index contributed by atoms with van der Waals surface area (Å²) in [5.41, 5.74) is 0. The largest absolute Gasteiger partial charge is 0.354 e. The van der Waals surface area contributed by atoms with E-state index >= 15 is 0 Å². The van der Waals surface area contributed by atoms with E-state index in [1.54, 1.807) is 0 Å². The van der Waals surface area contributed by atoms with E-state index in [4.69, 9.17) is 11.6 Å². The first-order valence-corrected chi connectivity index (χ1v) is 7.87. The van der Waals surface area contributed by atoms with Gasteiger partial charge < -0.3 is 10.2 Å². The van der Waals surface area contributed by atoms with E-state index in [1.807, 2.05) is 16.7 Å². The fraction of sp³-hybridized carbons (Fsp3) is 0.727. The minimum atomic E-state index is 0.235. The first-order chi connectivity index (χ1) is 8.71. The quantitative estimate of drug-likeness (QED) is 0.742. The highest BCUT2D eigenvalue weighted by atomic mass is 35.5. The van der Waals surface area contributed by atoms with Crippen LogP contribution in [0.15, 0.2) is 0 Å². The summed E-state index contributed by atoms with van der Waals surface area (Å²) in [6.45, 7) is 6.67. The molecular formula is C11H20ClN5S. The number of hydrogen-bond donors (Lipinski definition) is 1. The predicted octanol–water partition coefficient (Wildman–Crippen LogP) is 2.54. The molecule has 0 radical (unpaired) electrons.